The molecule has 1 amide bonds. The summed E-state index contributed by atoms with van der Waals surface area (Å²) in [7, 11) is 1.91. The zero-order valence-electron chi connectivity index (χ0n) is 10.4. The standard InChI is InChI=1S/C12H21N3O/c1-9(2)14-12(16)8-15-7-5-6-11(15)10(3)13-4/h5-7,9-10,13H,8H2,1-4H3,(H,14,16). The smallest absolute Gasteiger partial charge is 0.240 e. The van der Waals surface area contributed by atoms with Crippen LogP contribution in [-0.4, -0.2) is 23.6 Å². The van der Waals surface area contributed by atoms with Crippen LogP contribution in [0.1, 0.15) is 32.5 Å². The molecule has 0 aromatic carbocycles. The number of hydrogen-bond donors (Lipinski definition) is 2. The van der Waals surface area contributed by atoms with E-state index in [2.05, 4.69) is 17.6 Å². The lowest BCUT2D eigenvalue weighted by Crippen LogP contribution is -2.33. The average Bonchev–Trinajstić information content (AvgIpc) is 2.63. The summed E-state index contributed by atoms with van der Waals surface area (Å²) in [5, 5.41) is 6.05. The van der Waals surface area contributed by atoms with Crippen LogP contribution in [0.15, 0.2) is 18.3 Å². The number of aromatic nitrogens is 1. The predicted molar refractivity (Wildman–Crippen MR) is 65.2 cm³/mol. The molecule has 16 heavy (non-hydrogen) atoms. The van der Waals surface area contributed by atoms with Crippen molar-refractivity contribution in [2.75, 3.05) is 7.05 Å². The van der Waals surface area contributed by atoms with Crippen LogP contribution in [0.3, 0.4) is 0 Å². The minimum Gasteiger partial charge on any atom is -0.352 e. The molecule has 0 aliphatic heterocycles. The maximum atomic E-state index is 11.6. The van der Waals surface area contributed by atoms with Gasteiger partial charge >= 0.3 is 0 Å². The highest BCUT2D eigenvalue weighted by atomic mass is 16.2. The largest absolute Gasteiger partial charge is 0.352 e. The molecule has 0 fully saturated rings. The second-order valence-corrected chi connectivity index (χ2v) is 4.29. The first-order chi connectivity index (χ1) is 7.54. The van der Waals surface area contributed by atoms with Gasteiger partial charge in [0.1, 0.15) is 6.54 Å². The second-order valence-electron chi connectivity index (χ2n) is 4.29. The van der Waals surface area contributed by atoms with E-state index < -0.39 is 0 Å². The molecular formula is C12H21N3O. The summed E-state index contributed by atoms with van der Waals surface area (Å²) in [6.07, 6.45) is 1.93. The molecule has 0 saturated heterocycles. The Morgan fingerprint density at radius 1 is 1.44 bits per heavy atom. The van der Waals surface area contributed by atoms with Gasteiger partial charge in [0.2, 0.25) is 5.91 Å². The van der Waals surface area contributed by atoms with Gasteiger partial charge in [0.05, 0.1) is 0 Å². The highest BCUT2D eigenvalue weighted by molar-refractivity contribution is 5.76. The van der Waals surface area contributed by atoms with Gasteiger partial charge < -0.3 is 15.2 Å². The summed E-state index contributed by atoms with van der Waals surface area (Å²) < 4.78 is 1.97. The lowest BCUT2D eigenvalue weighted by Gasteiger charge is -2.15. The van der Waals surface area contributed by atoms with Crippen molar-refractivity contribution in [1.82, 2.24) is 15.2 Å². The van der Waals surface area contributed by atoms with Crippen LogP contribution < -0.4 is 10.6 Å². The van der Waals surface area contributed by atoms with Crippen LogP contribution in [0.5, 0.6) is 0 Å². The van der Waals surface area contributed by atoms with Crippen LogP contribution in [0.2, 0.25) is 0 Å². The molecule has 90 valence electrons. The number of rotatable bonds is 5. The summed E-state index contributed by atoms with van der Waals surface area (Å²) >= 11 is 0. The van der Waals surface area contributed by atoms with Crippen molar-refractivity contribution in [3.63, 3.8) is 0 Å². The normalized spacial score (nSPS) is 12.8. The lowest BCUT2D eigenvalue weighted by atomic mass is 10.2. The van der Waals surface area contributed by atoms with E-state index in [9.17, 15) is 4.79 Å². The molecule has 2 N–H and O–H groups in total. The number of amides is 1. The van der Waals surface area contributed by atoms with E-state index in [1.54, 1.807) is 0 Å². The number of hydrogen-bond acceptors (Lipinski definition) is 2. The number of nitrogens with zero attached hydrogens (tertiary/aromatic N) is 1. The van der Waals surface area contributed by atoms with Crippen molar-refractivity contribution < 1.29 is 4.79 Å². The van der Waals surface area contributed by atoms with E-state index in [0.717, 1.165) is 5.69 Å². The first-order valence-corrected chi connectivity index (χ1v) is 5.66. The summed E-state index contributed by atoms with van der Waals surface area (Å²) in [6, 6.07) is 4.44. The SMILES string of the molecule is CNC(C)c1cccn1CC(=O)NC(C)C. The minimum atomic E-state index is 0.0516. The fraction of sp³-hybridized carbons (Fsp3) is 0.583. The van der Waals surface area contributed by atoms with Crippen LogP contribution in [0, 0.1) is 0 Å². The van der Waals surface area contributed by atoms with Crippen molar-refractivity contribution in [2.24, 2.45) is 0 Å². The molecule has 4 nitrogen and oxygen atoms in total. The summed E-state index contributed by atoms with van der Waals surface area (Å²) in [5.74, 6) is 0.0516. The fourth-order valence-electron chi connectivity index (χ4n) is 1.63. The molecule has 0 saturated carbocycles. The van der Waals surface area contributed by atoms with E-state index >= 15 is 0 Å². The molecule has 0 radical (unpaired) electrons. The van der Waals surface area contributed by atoms with E-state index in [4.69, 9.17) is 0 Å². The fourth-order valence-corrected chi connectivity index (χ4v) is 1.63. The molecule has 4 heteroatoms. The van der Waals surface area contributed by atoms with E-state index in [-0.39, 0.29) is 18.0 Å². The van der Waals surface area contributed by atoms with Crippen molar-refractivity contribution in [1.29, 1.82) is 0 Å². The molecule has 0 spiro atoms. The quantitative estimate of drug-likeness (QED) is 0.790. The number of carbonyl (C=O) groups excluding carboxylic acids is 1. The van der Waals surface area contributed by atoms with Crippen molar-refractivity contribution in [2.45, 2.75) is 39.4 Å². The molecule has 1 heterocycles. The van der Waals surface area contributed by atoms with Gasteiger partial charge in [0, 0.05) is 24.0 Å². The zero-order valence-corrected chi connectivity index (χ0v) is 10.4. The molecule has 1 aromatic heterocycles. The Labute approximate surface area is 97.0 Å². The molecule has 1 rings (SSSR count). The number of nitrogens with one attached hydrogen (secondary N) is 2. The average molecular weight is 223 g/mol. The summed E-state index contributed by atoms with van der Waals surface area (Å²) in [4.78, 5) is 11.6. The monoisotopic (exact) mass is 223 g/mol. The summed E-state index contributed by atoms with van der Waals surface area (Å²) in [5.41, 5.74) is 1.13. The van der Waals surface area contributed by atoms with E-state index in [1.165, 1.54) is 0 Å². The molecule has 1 aromatic rings. The highest BCUT2D eigenvalue weighted by Gasteiger charge is 2.10. The van der Waals surface area contributed by atoms with Gasteiger partial charge in [0.15, 0.2) is 0 Å². The van der Waals surface area contributed by atoms with Gasteiger partial charge in [-0.15, -0.1) is 0 Å². The Balaban J connectivity index is 2.67. The van der Waals surface area contributed by atoms with Gasteiger partial charge in [-0.3, -0.25) is 4.79 Å². The maximum Gasteiger partial charge on any atom is 0.240 e. The molecule has 1 atom stereocenters. The molecule has 0 aliphatic rings. The predicted octanol–water partition coefficient (Wildman–Crippen LogP) is 1.29. The lowest BCUT2D eigenvalue weighted by molar-refractivity contribution is -0.122. The van der Waals surface area contributed by atoms with Crippen LogP contribution in [0.25, 0.3) is 0 Å². The van der Waals surface area contributed by atoms with E-state index in [0.29, 0.717) is 6.54 Å². The Morgan fingerprint density at radius 2 is 2.12 bits per heavy atom. The third-order valence-corrected chi connectivity index (χ3v) is 2.50. The molecule has 0 aliphatic carbocycles. The zero-order chi connectivity index (χ0) is 12.1. The molecule has 0 bridgehead atoms. The molecule has 1 unspecified atom stereocenters. The third kappa shape index (κ3) is 3.38. The van der Waals surface area contributed by atoms with Crippen molar-refractivity contribution >= 4 is 5.91 Å². The Hall–Kier alpha value is -1.29. The Morgan fingerprint density at radius 3 is 2.69 bits per heavy atom. The van der Waals surface area contributed by atoms with Gasteiger partial charge in [-0.25, -0.2) is 0 Å². The maximum absolute atomic E-state index is 11.6. The minimum absolute atomic E-state index is 0.0516. The first kappa shape index (κ1) is 12.8. The van der Waals surface area contributed by atoms with E-state index in [1.807, 2.05) is 43.8 Å². The van der Waals surface area contributed by atoms with Crippen LogP contribution in [0.4, 0.5) is 0 Å². The molecular weight excluding hydrogens is 202 g/mol. The van der Waals surface area contributed by atoms with Crippen molar-refractivity contribution in [3.8, 4) is 0 Å². The summed E-state index contributed by atoms with van der Waals surface area (Å²) in [6.45, 7) is 6.38. The van der Waals surface area contributed by atoms with Gasteiger partial charge in [-0.1, -0.05) is 0 Å². The van der Waals surface area contributed by atoms with Crippen molar-refractivity contribution in [3.05, 3.63) is 24.0 Å². The van der Waals surface area contributed by atoms with Gasteiger partial charge in [0.25, 0.3) is 0 Å². The Kier molecular flexibility index (Phi) is 4.55. The third-order valence-electron chi connectivity index (χ3n) is 2.50. The van der Waals surface area contributed by atoms with Gasteiger partial charge in [-0.05, 0) is 40.0 Å². The Bertz CT molecular complexity index is 344. The van der Waals surface area contributed by atoms with Crippen LogP contribution in [-0.2, 0) is 11.3 Å². The number of carbonyl (C=O) groups is 1. The first-order valence-electron chi connectivity index (χ1n) is 5.66. The van der Waals surface area contributed by atoms with Gasteiger partial charge in [-0.2, -0.15) is 0 Å². The van der Waals surface area contributed by atoms with Crippen LogP contribution >= 0.6 is 0 Å². The topological polar surface area (TPSA) is 46.1 Å². The highest BCUT2D eigenvalue weighted by Crippen LogP contribution is 2.12. The second kappa shape index (κ2) is 5.70.